The summed E-state index contributed by atoms with van der Waals surface area (Å²) in [7, 11) is 0. The molecule has 30 heavy (non-hydrogen) atoms. The number of anilines is 1. The highest BCUT2D eigenvalue weighted by Crippen LogP contribution is 2.39. The molecule has 0 saturated carbocycles. The average Bonchev–Trinajstić information content (AvgIpc) is 3.27. The molecule has 1 atom stereocenters. The Bertz CT molecular complexity index is 880. The molecule has 2 fully saturated rings. The van der Waals surface area contributed by atoms with Crippen molar-refractivity contribution in [2.45, 2.75) is 31.7 Å². The van der Waals surface area contributed by atoms with Gasteiger partial charge in [0, 0.05) is 49.8 Å². The summed E-state index contributed by atoms with van der Waals surface area (Å²) in [4.78, 5) is 13.8. The van der Waals surface area contributed by atoms with Crippen molar-refractivity contribution >= 4 is 12.2 Å². The first-order chi connectivity index (χ1) is 14.8. The van der Waals surface area contributed by atoms with E-state index in [0.717, 1.165) is 42.6 Å². The van der Waals surface area contributed by atoms with Gasteiger partial charge >= 0.3 is 0 Å². The second-order valence-electron chi connectivity index (χ2n) is 8.45. The fourth-order valence-electron chi connectivity index (χ4n) is 4.91. The van der Waals surface area contributed by atoms with Gasteiger partial charge in [0.05, 0.1) is 0 Å². The molecule has 2 aromatic rings. The summed E-state index contributed by atoms with van der Waals surface area (Å²) in [6.45, 7) is 5.60. The lowest BCUT2D eigenvalue weighted by atomic mass is 9.95. The molecule has 3 aliphatic rings. The molecule has 0 aliphatic carbocycles. The zero-order valence-corrected chi connectivity index (χ0v) is 17.3. The third-order valence-electron chi connectivity index (χ3n) is 6.53. The van der Waals surface area contributed by atoms with E-state index in [2.05, 4.69) is 38.0 Å². The van der Waals surface area contributed by atoms with Crippen molar-refractivity contribution in [1.82, 2.24) is 14.9 Å². The van der Waals surface area contributed by atoms with Gasteiger partial charge in [0.15, 0.2) is 11.5 Å². The summed E-state index contributed by atoms with van der Waals surface area (Å²) >= 11 is 0. The minimum Gasteiger partial charge on any atom is -0.486 e. The highest BCUT2D eigenvalue weighted by atomic mass is 16.6. The average molecular weight is 408 g/mol. The fraction of sp³-hybridized carbons (Fsp3) is 0.522. The molecule has 0 radical (unpaired) electrons. The van der Waals surface area contributed by atoms with Gasteiger partial charge in [0.25, 0.3) is 0 Å². The first kappa shape index (κ1) is 19.3. The molecule has 0 amide bonds. The number of fused-ring (bicyclic) bond motifs is 1. The Morgan fingerprint density at radius 3 is 2.53 bits per heavy atom. The van der Waals surface area contributed by atoms with Crippen LogP contribution in [0.2, 0.25) is 0 Å². The molecule has 0 spiro atoms. The van der Waals surface area contributed by atoms with Gasteiger partial charge in [-0.3, -0.25) is 4.90 Å². The summed E-state index contributed by atoms with van der Waals surface area (Å²) in [5.74, 6) is 3.26. The van der Waals surface area contributed by atoms with Crippen molar-refractivity contribution in [2.24, 2.45) is 5.92 Å². The van der Waals surface area contributed by atoms with Crippen molar-refractivity contribution in [3.05, 3.63) is 41.7 Å². The monoisotopic (exact) mass is 407 g/mol. The number of ether oxygens (including phenoxy) is 2. The molecule has 1 aromatic carbocycles. The maximum Gasteiger partial charge on any atom is 0.225 e. The molecule has 0 unspecified atom stereocenters. The normalized spacial score (nSPS) is 22.3. The highest BCUT2D eigenvalue weighted by Gasteiger charge is 2.30. The smallest absolute Gasteiger partial charge is 0.225 e. The molecule has 3 aliphatic heterocycles. The molecule has 4 heterocycles. The molecule has 2 saturated heterocycles. The molecule has 1 N–H and O–H groups in total. The van der Waals surface area contributed by atoms with Gasteiger partial charge < -0.3 is 19.8 Å². The molecule has 7 nitrogen and oxygen atoms in total. The van der Waals surface area contributed by atoms with Crippen molar-refractivity contribution in [2.75, 3.05) is 44.3 Å². The molecule has 1 aromatic heterocycles. The van der Waals surface area contributed by atoms with E-state index >= 15 is 0 Å². The van der Waals surface area contributed by atoms with Crippen LogP contribution in [-0.2, 0) is 0 Å². The number of hydrogen-bond acceptors (Lipinski definition) is 7. The van der Waals surface area contributed by atoms with Crippen LogP contribution in [0.4, 0.5) is 5.95 Å². The first-order valence-electron chi connectivity index (χ1n) is 11.0. The van der Waals surface area contributed by atoms with Gasteiger partial charge in [-0.15, -0.1) is 0 Å². The van der Waals surface area contributed by atoms with E-state index in [4.69, 9.17) is 14.9 Å². The predicted molar refractivity (Wildman–Crippen MR) is 116 cm³/mol. The lowest BCUT2D eigenvalue weighted by Gasteiger charge is -2.35. The first-order valence-corrected chi connectivity index (χ1v) is 11.0. The third-order valence-corrected chi connectivity index (χ3v) is 6.53. The van der Waals surface area contributed by atoms with E-state index in [1.807, 2.05) is 0 Å². The number of rotatable bonds is 5. The van der Waals surface area contributed by atoms with E-state index in [1.54, 1.807) is 12.4 Å². The predicted octanol–water partition coefficient (Wildman–Crippen LogP) is 3.30. The fourth-order valence-corrected chi connectivity index (χ4v) is 4.91. The number of benzene rings is 1. The summed E-state index contributed by atoms with van der Waals surface area (Å²) < 4.78 is 11.5. The Kier molecular flexibility index (Phi) is 5.53. The van der Waals surface area contributed by atoms with E-state index in [-0.39, 0.29) is 0 Å². The van der Waals surface area contributed by atoms with Crippen LogP contribution >= 0.6 is 0 Å². The van der Waals surface area contributed by atoms with Crippen LogP contribution in [0.5, 0.6) is 11.5 Å². The van der Waals surface area contributed by atoms with Crippen molar-refractivity contribution in [3.63, 3.8) is 0 Å². The maximum absolute atomic E-state index is 7.28. The Labute approximate surface area is 177 Å². The second kappa shape index (κ2) is 8.60. The van der Waals surface area contributed by atoms with Crippen LogP contribution in [0.1, 0.15) is 42.9 Å². The Hall–Kier alpha value is -2.67. The summed E-state index contributed by atoms with van der Waals surface area (Å²) in [5, 5.41) is 7.28. The van der Waals surface area contributed by atoms with Gasteiger partial charge in [-0.05, 0) is 55.8 Å². The zero-order chi connectivity index (χ0) is 20.3. The van der Waals surface area contributed by atoms with Crippen molar-refractivity contribution in [3.8, 4) is 11.5 Å². The second-order valence-corrected chi connectivity index (χ2v) is 8.45. The lowest BCUT2D eigenvalue weighted by molar-refractivity contribution is 0.169. The molecule has 0 bridgehead atoms. The Morgan fingerprint density at radius 1 is 1.00 bits per heavy atom. The number of nitrogens with zero attached hydrogens (tertiary/aromatic N) is 4. The molecular formula is C23H29N5O2. The number of aromatic nitrogens is 2. The van der Waals surface area contributed by atoms with Crippen LogP contribution < -0.4 is 14.4 Å². The Balaban J connectivity index is 1.19. The molecular weight excluding hydrogens is 378 g/mol. The van der Waals surface area contributed by atoms with E-state index in [9.17, 15) is 0 Å². The van der Waals surface area contributed by atoms with Crippen LogP contribution in [-0.4, -0.2) is 60.5 Å². The number of hydrogen-bond donors (Lipinski definition) is 1. The van der Waals surface area contributed by atoms with Crippen molar-refractivity contribution in [1.29, 1.82) is 5.41 Å². The maximum atomic E-state index is 7.28. The lowest BCUT2D eigenvalue weighted by Crippen LogP contribution is -2.39. The van der Waals surface area contributed by atoms with Crippen LogP contribution in [0, 0.1) is 11.3 Å². The molecule has 158 valence electrons. The molecule has 5 rings (SSSR count). The van der Waals surface area contributed by atoms with Gasteiger partial charge in [-0.2, -0.15) is 0 Å². The van der Waals surface area contributed by atoms with Gasteiger partial charge in [0.2, 0.25) is 5.95 Å². The van der Waals surface area contributed by atoms with Gasteiger partial charge in [-0.1, -0.05) is 6.07 Å². The summed E-state index contributed by atoms with van der Waals surface area (Å²) in [5.41, 5.74) is 2.10. The SMILES string of the molecule is N=Cc1cnc(N2CCC(CN3CCC[C@H]3c3ccc4c(c3)OCCO4)CC2)nc1. The van der Waals surface area contributed by atoms with Crippen LogP contribution in [0.15, 0.2) is 30.6 Å². The highest BCUT2D eigenvalue weighted by molar-refractivity contribution is 5.75. The van der Waals surface area contributed by atoms with Gasteiger partial charge in [0.1, 0.15) is 13.2 Å². The summed E-state index contributed by atoms with van der Waals surface area (Å²) in [6, 6.07) is 6.96. The number of piperidine rings is 1. The van der Waals surface area contributed by atoms with Crippen LogP contribution in [0.3, 0.4) is 0 Å². The van der Waals surface area contributed by atoms with Crippen LogP contribution in [0.25, 0.3) is 0 Å². The molecule has 7 heteroatoms. The van der Waals surface area contributed by atoms with Gasteiger partial charge in [-0.25, -0.2) is 9.97 Å². The van der Waals surface area contributed by atoms with E-state index in [1.165, 1.54) is 44.0 Å². The van der Waals surface area contributed by atoms with Crippen molar-refractivity contribution < 1.29 is 9.47 Å². The minimum atomic E-state index is 0.482. The third kappa shape index (κ3) is 3.99. The topological polar surface area (TPSA) is 74.6 Å². The largest absolute Gasteiger partial charge is 0.486 e. The standard InChI is InChI=1S/C23H29N5O2/c24-13-18-14-25-23(26-15-18)27-8-5-17(6-9-27)16-28-7-1-2-20(28)19-3-4-21-22(12-19)30-11-10-29-21/h3-4,12-15,17,20,24H,1-2,5-11,16H2/t20-/m0/s1. The number of likely N-dealkylation sites (tertiary alicyclic amines) is 1. The zero-order valence-electron chi connectivity index (χ0n) is 17.3. The minimum absolute atomic E-state index is 0.482. The number of nitrogens with one attached hydrogen (secondary N) is 1. The van der Waals surface area contributed by atoms with E-state index < -0.39 is 0 Å². The Morgan fingerprint density at radius 2 is 1.77 bits per heavy atom. The summed E-state index contributed by atoms with van der Waals surface area (Å²) in [6.07, 6.45) is 9.54. The quantitative estimate of drug-likeness (QED) is 0.767. The van der Waals surface area contributed by atoms with E-state index in [0.29, 0.717) is 25.2 Å².